The van der Waals surface area contributed by atoms with E-state index in [2.05, 4.69) is 9.97 Å². The Bertz CT molecular complexity index is 711. The van der Waals surface area contributed by atoms with Crippen LogP contribution in [0.15, 0.2) is 36.4 Å². The zero-order valence-electron chi connectivity index (χ0n) is 9.75. The van der Waals surface area contributed by atoms with Crippen molar-refractivity contribution >= 4 is 45.8 Å². The summed E-state index contributed by atoms with van der Waals surface area (Å²) in [4.78, 5) is 7.75. The summed E-state index contributed by atoms with van der Waals surface area (Å²) in [5, 5.41) is 1.01. The van der Waals surface area contributed by atoms with E-state index in [0.29, 0.717) is 15.9 Å². The lowest BCUT2D eigenvalue weighted by molar-refractivity contribution is 1.31. The maximum atomic E-state index is 5.99. The van der Waals surface area contributed by atoms with E-state index in [1.165, 1.54) is 0 Å². The van der Waals surface area contributed by atoms with Gasteiger partial charge >= 0.3 is 0 Å². The van der Waals surface area contributed by atoms with E-state index in [9.17, 15) is 0 Å². The average Bonchev–Trinajstić information content (AvgIpc) is 2.82. The Morgan fingerprint density at radius 3 is 2.63 bits per heavy atom. The maximum absolute atomic E-state index is 5.99. The van der Waals surface area contributed by atoms with Gasteiger partial charge in [0.1, 0.15) is 5.82 Å². The Balaban J connectivity index is 2.14. The second kappa shape index (κ2) is 5.04. The van der Waals surface area contributed by atoms with Crippen molar-refractivity contribution in [2.24, 2.45) is 0 Å². The Morgan fingerprint density at radius 1 is 1.05 bits per heavy atom. The number of imidazole rings is 1. The van der Waals surface area contributed by atoms with Gasteiger partial charge < -0.3 is 4.98 Å². The van der Waals surface area contributed by atoms with Crippen LogP contribution in [-0.2, 0) is 5.88 Å². The van der Waals surface area contributed by atoms with Crippen molar-refractivity contribution < 1.29 is 0 Å². The largest absolute Gasteiger partial charge is 0.338 e. The number of benzene rings is 2. The fourth-order valence-corrected chi connectivity index (χ4v) is 2.43. The highest BCUT2D eigenvalue weighted by atomic mass is 35.5. The third kappa shape index (κ3) is 2.44. The number of hydrogen-bond acceptors (Lipinski definition) is 1. The summed E-state index contributed by atoms with van der Waals surface area (Å²) in [5.74, 6) is 1.26. The first-order valence-corrected chi connectivity index (χ1v) is 6.96. The van der Waals surface area contributed by atoms with Crippen LogP contribution in [0.2, 0.25) is 10.0 Å². The first-order valence-electron chi connectivity index (χ1n) is 5.67. The number of halogens is 3. The van der Waals surface area contributed by atoms with Gasteiger partial charge in [0.25, 0.3) is 0 Å². The van der Waals surface area contributed by atoms with Gasteiger partial charge in [0.05, 0.1) is 21.1 Å². The molecule has 1 aromatic heterocycles. The van der Waals surface area contributed by atoms with Gasteiger partial charge in [-0.15, -0.1) is 11.6 Å². The molecule has 1 N–H and O–H groups in total. The van der Waals surface area contributed by atoms with Crippen molar-refractivity contribution in [3.8, 4) is 11.4 Å². The number of H-pyrrole nitrogens is 1. The van der Waals surface area contributed by atoms with Crippen molar-refractivity contribution in [3.05, 3.63) is 52.0 Å². The van der Waals surface area contributed by atoms with Crippen LogP contribution in [0, 0.1) is 0 Å². The Labute approximate surface area is 125 Å². The normalized spacial score (nSPS) is 11.1. The minimum atomic E-state index is 0.478. The van der Waals surface area contributed by atoms with Gasteiger partial charge in [0.15, 0.2) is 0 Å². The van der Waals surface area contributed by atoms with Crippen LogP contribution in [0.4, 0.5) is 0 Å². The summed E-state index contributed by atoms with van der Waals surface area (Å²) >= 11 is 17.8. The monoisotopic (exact) mass is 310 g/mol. The SMILES string of the molecule is ClCc1cccc(-c2nc3cc(Cl)c(Cl)cc3[nH]2)c1. The van der Waals surface area contributed by atoms with Crippen molar-refractivity contribution in [2.45, 2.75) is 5.88 Å². The molecule has 0 saturated heterocycles. The molecule has 0 radical (unpaired) electrons. The van der Waals surface area contributed by atoms with Crippen molar-refractivity contribution in [1.82, 2.24) is 9.97 Å². The third-order valence-corrected chi connectivity index (χ3v) is 3.91. The topological polar surface area (TPSA) is 28.7 Å². The molecule has 2 nitrogen and oxygen atoms in total. The molecular weight excluding hydrogens is 303 g/mol. The lowest BCUT2D eigenvalue weighted by Crippen LogP contribution is -1.83. The molecule has 0 aliphatic rings. The molecule has 0 spiro atoms. The predicted octanol–water partition coefficient (Wildman–Crippen LogP) is 5.28. The van der Waals surface area contributed by atoms with E-state index >= 15 is 0 Å². The van der Waals surface area contributed by atoms with E-state index in [-0.39, 0.29) is 0 Å². The lowest BCUT2D eigenvalue weighted by Gasteiger charge is -1.99. The number of aromatic amines is 1. The summed E-state index contributed by atoms with van der Waals surface area (Å²) in [7, 11) is 0. The van der Waals surface area contributed by atoms with Crippen molar-refractivity contribution in [2.75, 3.05) is 0 Å². The lowest BCUT2D eigenvalue weighted by atomic mass is 10.1. The molecule has 96 valence electrons. The van der Waals surface area contributed by atoms with Crippen molar-refractivity contribution in [3.63, 3.8) is 0 Å². The summed E-state index contributed by atoms with van der Waals surface area (Å²) in [5.41, 5.74) is 3.69. The van der Waals surface area contributed by atoms with Crippen LogP contribution >= 0.6 is 34.8 Å². The number of hydrogen-bond donors (Lipinski definition) is 1. The number of fused-ring (bicyclic) bond motifs is 1. The smallest absolute Gasteiger partial charge is 0.138 e. The first-order chi connectivity index (χ1) is 9.17. The van der Waals surface area contributed by atoms with Gasteiger partial charge in [0, 0.05) is 11.4 Å². The molecule has 0 bridgehead atoms. The van der Waals surface area contributed by atoms with E-state index in [0.717, 1.165) is 28.0 Å². The molecule has 0 aliphatic carbocycles. The Kier molecular flexibility index (Phi) is 3.40. The van der Waals surface area contributed by atoms with Crippen LogP contribution in [0.25, 0.3) is 22.4 Å². The zero-order valence-corrected chi connectivity index (χ0v) is 12.0. The number of nitrogens with one attached hydrogen (secondary N) is 1. The molecule has 0 fully saturated rings. The molecule has 0 unspecified atom stereocenters. The van der Waals surface area contributed by atoms with E-state index in [1.807, 2.05) is 24.3 Å². The van der Waals surface area contributed by atoms with Crippen LogP contribution in [0.3, 0.4) is 0 Å². The summed E-state index contributed by atoms with van der Waals surface area (Å²) < 4.78 is 0. The number of rotatable bonds is 2. The molecule has 5 heteroatoms. The van der Waals surface area contributed by atoms with E-state index < -0.39 is 0 Å². The molecule has 2 aromatic carbocycles. The van der Waals surface area contributed by atoms with Gasteiger partial charge in [-0.3, -0.25) is 0 Å². The van der Waals surface area contributed by atoms with Crippen LogP contribution in [-0.4, -0.2) is 9.97 Å². The second-order valence-corrected chi connectivity index (χ2v) is 5.28. The average molecular weight is 312 g/mol. The minimum absolute atomic E-state index is 0.478. The highest BCUT2D eigenvalue weighted by Crippen LogP contribution is 2.29. The van der Waals surface area contributed by atoms with Crippen LogP contribution in [0.1, 0.15) is 5.56 Å². The van der Waals surface area contributed by atoms with Gasteiger partial charge in [-0.25, -0.2) is 4.98 Å². The standard InChI is InChI=1S/C14H9Cl3N2/c15-7-8-2-1-3-9(4-8)14-18-12-5-10(16)11(17)6-13(12)19-14/h1-6H,7H2,(H,18,19). The van der Waals surface area contributed by atoms with Gasteiger partial charge in [-0.2, -0.15) is 0 Å². The fraction of sp³-hybridized carbons (Fsp3) is 0.0714. The maximum Gasteiger partial charge on any atom is 0.138 e. The second-order valence-electron chi connectivity index (χ2n) is 4.20. The number of aromatic nitrogens is 2. The fourth-order valence-electron chi connectivity index (χ4n) is 1.94. The van der Waals surface area contributed by atoms with Gasteiger partial charge in [0.2, 0.25) is 0 Å². The third-order valence-electron chi connectivity index (χ3n) is 2.88. The molecule has 0 atom stereocenters. The summed E-state index contributed by atoms with van der Waals surface area (Å²) in [6, 6.07) is 11.5. The number of alkyl halides is 1. The molecule has 0 amide bonds. The Morgan fingerprint density at radius 2 is 1.84 bits per heavy atom. The molecule has 3 rings (SSSR count). The van der Waals surface area contributed by atoms with Gasteiger partial charge in [-0.05, 0) is 23.8 Å². The molecule has 3 aromatic rings. The predicted molar refractivity (Wildman–Crippen MR) is 81.1 cm³/mol. The molecule has 0 saturated carbocycles. The number of nitrogens with zero attached hydrogens (tertiary/aromatic N) is 1. The summed E-state index contributed by atoms with van der Waals surface area (Å²) in [6.07, 6.45) is 0. The zero-order chi connectivity index (χ0) is 13.4. The Hall–Kier alpha value is -1.22. The summed E-state index contributed by atoms with van der Waals surface area (Å²) in [6.45, 7) is 0. The quantitative estimate of drug-likeness (QED) is 0.641. The minimum Gasteiger partial charge on any atom is -0.338 e. The first kappa shape index (κ1) is 12.8. The molecule has 19 heavy (non-hydrogen) atoms. The highest BCUT2D eigenvalue weighted by Gasteiger charge is 2.08. The van der Waals surface area contributed by atoms with E-state index in [1.54, 1.807) is 12.1 Å². The van der Waals surface area contributed by atoms with Crippen LogP contribution in [0.5, 0.6) is 0 Å². The molecular formula is C14H9Cl3N2. The molecule has 1 heterocycles. The van der Waals surface area contributed by atoms with E-state index in [4.69, 9.17) is 34.8 Å². The van der Waals surface area contributed by atoms with Crippen molar-refractivity contribution in [1.29, 1.82) is 0 Å². The molecule has 0 aliphatic heterocycles. The highest BCUT2D eigenvalue weighted by molar-refractivity contribution is 6.42. The van der Waals surface area contributed by atoms with Gasteiger partial charge in [-0.1, -0.05) is 41.4 Å². The van der Waals surface area contributed by atoms with Crippen LogP contribution < -0.4 is 0 Å².